The van der Waals surface area contributed by atoms with Crippen LogP contribution < -0.4 is 5.32 Å². The molecule has 0 bridgehead atoms. The third kappa shape index (κ3) is 2.54. The van der Waals surface area contributed by atoms with Crippen LogP contribution in [0.5, 0.6) is 0 Å². The number of carbonyl (C=O) groups excluding carboxylic acids is 1. The maximum atomic E-state index is 12.9. The Labute approximate surface area is 116 Å². The van der Waals surface area contributed by atoms with Crippen molar-refractivity contribution in [3.05, 3.63) is 59.5 Å². The fourth-order valence-electron chi connectivity index (χ4n) is 2.39. The summed E-state index contributed by atoms with van der Waals surface area (Å²) >= 11 is 0. The number of nitrogens with one attached hydrogen (secondary N) is 1. The van der Waals surface area contributed by atoms with Crippen molar-refractivity contribution < 1.29 is 9.18 Å². The van der Waals surface area contributed by atoms with Crippen molar-refractivity contribution in [2.75, 3.05) is 5.32 Å². The average molecular weight is 270 g/mol. The van der Waals surface area contributed by atoms with Gasteiger partial charge in [0.05, 0.1) is 0 Å². The summed E-state index contributed by atoms with van der Waals surface area (Å²) < 4.78 is 12.9. The molecule has 1 aromatic heterocycles. The zero-order valence-corrected chi connectivity index (χ0v) is 11.1. The van der Waals surface area contributed by atoms with Gasteiger partial charge in [0.25, 0.3) is 0 Å². The summed E-state index contributed by atoms with van der Waals surface area (Å²) in [4.78, 5) is 16.3. The lowest BCUT2D eigenvalue weighted by atomic mass is 10.1. The van der Waals surface area contributed by atoms with Gasteiger partial charge in [0.15, 0.2) is 0 Å². The van der Waals surface area contributed by atoms with E-state index in [4.69, 9.17) is 0 Å². The van der Waals surface area contributed by atoms with Crippen LogP contribution in [0.3, 0.4) is 0 Å². The number of amides is 1. The third-order valence-corrected chi connectivity index (χ3v) is 3.68. The molecule has 102 valence electrons. The smallest absolute Gasteiger partial charge is 0.229 e. The molecule has 0 radical (unpaired) electrons. The lowest BCUT2D eigenvalue weighted by Gasteiger charge is -2.06. The van der Waals surface area contributed by atoms with E-state index in [9.17, 15) is 9.18 Å². The van der Waals surface area contributed by atoms with Crippen molar-refractivity contribution in [2.24, 2.45) is 5.92 Å². The van der Waals surface area contributed by atoms with Crippen LogP contribution in [0.25, 0.3) is 0 Å². The van der Waals surface area contributed by atoms with E-state index in [0.717, 1.165) is 17.5 Å². The summed E-state index contributed by atoms with van der Waals surface area (Å²) in [6.45, 7) is 1.91. The predicted molar refractivity (Wildman–Crippen MR) is 74.9 cm³/mol. The Balaban J connectivity index is 1.66. The second kappa shape index (κ2) is 5.04. The van der Waals surface area contributed by atoms with Gasteiger partial charge in [-0.3, -0.25) is 4.79 Å². The summed E-state index contributed by atoms with van der Waals surface area (Å²) in [5, 5.41) is 2.86. The fourth-order valence-corrected chi connectivity index (χ4v) is 2.39. The van der Waals surface area contributed by atoms with Gasteiger partial charge in [-0.2, -0.15) is 0 Å². The molecule has 1 aliphatic carbocycles. The lowest BCUT2D eigenvalue weighted by Crippen LogP contribution is -2.16. The highest BCUT2D eigenvalue weighted by Crippen LogP contribution is 2.47. The summed E-state index contributed by atoms with van der Waals surface area (Å²) in [6, 6.07) is 10.1. The third-order valence-electron chi connectivity index (χ3n) is 3.68. The molecule has 2 atom stereocenters. The molecule has 4 heteroatoms. The number of anilines is 1. The zero-order chi connectivity index (χ0) is 14.1. The van der Waals surface area contributed by atoms with Crippen LogP contribution in [0.4, 0.5) is 10.2 Å². The molecule has 3 nitrogen and oxygen atoms in total. The molecule has 0 spiro atoms. The molecule has 1 aliphatic rings. The Morgan fingerprint density at radius 3 is 2.75 bits per heavy atom. The second-order valence-corrected chi connectivity index (χ2v) is 5.16. The molecular weight excluding hydrogens is 255 g/mol. The Hall–Kier alpha value is -2.23. The Morgan fingerprint density at radius 1 is 1.30 bits per heavy atom. The van der Waals surface area contributed by atoms with E-state index in [1.165, 1.54) is 12.1 Å². The molecule has 1 heterocycles. The number of hydrogen-bond acceptors (Lipinski definition) is 2. The number of aromatic nitrogens is 1. The highest BCUT2D eigenvalue weighted by Gasteiger charge is 2.44. The van der Waals surface area contributed by atoms with Crippen molar-refractivity contribution in [1.29, 1.82) is 0 Å². The number of halogens is 1. The van der Waals surface area contributed by atoms with Crippen molar-refractivity contribution in [3.63, 3.8) is 0 Å². The van der Waals surface area contributed by atoms with Crippen LogP contribution >= 0.6 is 0 Å². The normalized spacial score (nSPS) is 20.5. The molecule has 0 saturated heterocycles. The molecule has 1 fully saturated rings. The molecular formula is C16H15FN2O. The molecule has 2 unspecified atom stereocenters. The monoisotopic (exact) mass is 270 g/mol. The van der Waals surface area contributed by atoms with Crippen molar-refractivity contribution in [3.8, 4) is 0 Å². The largest absolute Gasteiger partial charge is 0.310 e. The first-order valence-corrected chi connectivity index (χ1v) is 6.63. The number of aryl methyl sites for hydroxylation is 1. The first kappa shape index (κ1) is 12.8. The minimum absolute atomic E-state index is 0.0128. The van der Waals surface area contributed by atoms with Crippen LogP contribution in [-0.4, -0.2) is 10.9 Å². The number of rotatable bonds is 3. The van der Waals surface area contributed by atoms with E-state index >= 15 is 0 Å². The van der Waals surface area contributed by atoms with Crippen LogP contribution in [0, 0.1) is 18.7 Å². The lowest BCUT2D eigenvalue weighted by molar-refractivity contribution is -0.117. The summed E-state index contributed by atoms with van der Waals surface area (Å²) in [5.74, 6) is 0.504. The first-order chi connectivity index (χ1) is 9.65. The van der Waals surface area contributed by atoms with E-state index < -0.39 is 0 Å². The van der Waals surface area contributed by atoms with E-state index in [1.807, 2.05) is 19.1 Å². The highest BCUT2D eigenvalue weighted by atomic mass is 19.1. The first-order valence-electron chi connectivity index (χ1n) is 6.63. The number of benzene rings is 1. The van der Waals surface area contributed by atoms with Gasteiger partial charge in [0.1, 0.15) is 11.6 Å². The number of carbonyl (C=O) groups is 1. The fraction of sp³-hybridized carbons (Fsp3) is 0.250. The van der Waals surface area contributed by atoms with Crippen LogP contribution in [0.15, 0.2) is 42.6 Å². The molecule has 2 aromatic rings. The highest BCUT2D eigenvalue weighted by molar-refractivity contribution is 5.95. The van der Waals surface area contributed by atoms with Gasteiger partial charge >= 0.3 is 0 Å². The van der Waals surface area contributed by atoms with Crippen molar-refractivity contribution >= 4 is 11.7 Å². The van der Waals surface area contributed by atoms with Gasteiger partial charge in [-0.1, -0.05) is 18.2 Å². The Bertz CT molecular complexity index is 639. The van der Waals surface area contributed by atoms with Gasteiger partial charge in [-0.15, -0.1) is 0 Å². The minimum Gasteiger partial charge on any atom is -0.310 e. The number of pyridine rings is 1. The summed E-state index contributed by atoms with van der Waals surface area (Å²) in [6.07, 6.45) is 2.47. The SMILES string of the molecule is Cc1cccnc1NC(=O)C1CC1c1ccc(F)cc1. The maximum absolute atomic E-state index is 12.9. The van der Waals surface area contributed by atoms with Crippen molar-refractivity contribution in [2.45, 2.75) is 19.3 Å². The van der Waals surface area contributed by atoms with E-state index in [0.29, 0.717) is 5.82 Å². The number of hydrogen-bond donors (Lipinski definition) is 1. The molecule has 1 saturated carbocycles. The standard InChI is InChI=1S/C16H15FN2O/c1-10-3-2-8-18-15(10)19-16(20)14-9-13(14)11-4-6-12(17)7-5-11/h2-8,13-14H,9H2,1H3,(H,18,19,20). The van der Waals surface area contributed by atoms with Gasteiger partial charge in [0, 0.05) is 12.1 Å². The van der Waals surface area contributed by atoms with Gasteiger partial charge in [-0.05, 0) is 48.6 Å². The topological polar surface area (TPSA) is 42.0 Å². The Morgan fingerprint density at radius 2 is 2.05 bits per heavy atom. The van der Waals surface area contributed by atoms with Gasteiger partial charge in [0.2, 0.25) is 5.91 Å². The van der Waals surface area contributed by atoms with Gasteiger partial charge in [-0.25, -0.2) is 9.37 Å². The average Bonchev–Trinajstić information content (AvgIpc) is 3.23. The minimum atomic E-state index is -0.250. The van der Waals surface area contributed by atoms with Crippen LogP contribution in [0.2, 0.25) is 0 Å². The molecule has 1 N–H and O–H groups in total. The van der Waals surface area contributed by atoms with Crippen molar-refractivity contribution in [1.82, 2.24) is 4.98 Å². The summed E-state index contributed by atoms with van der Waals surface area (Å²) in [7, 11) is 0. The predicted octanol–water partition coefficient (Wildman–Crippen LogP) is 3.27. The van der Waals surface area contributed by atoms with E-state index in [2.05, 4.69) is 10.3 Å². The molecule has 20 heavy (non-hydrogen) atoms. The Kier molecular flexibility index (Phi) is 3.22. The van der Waals surface area contributed by atoms with Gasteiger partial charge < -0.3 is 5.32 Å². The zero-order valence-electron chi connectivity index (χ0n) is 11.1. The summed E-state index contributed by atoms with van der Waals surface area (Å²) in [5.41, 5.74) is 1.96. The molecule has 0 aliphatic heterocycles. The second-order valence-electron chi connectivity index (χ2n) is 5.16. The van der Waals surface area contributed by atoms with E-state index in [-0.39, 0.29) is 23.6 Å². The maximum Gasteiger partial charge on any atom is 0.229 e. The van der Waals surface area contributed by atoms with Crippen LogP contribution in [-0.2, 0) is 4.79 Å². The molecule has 1 amide bonds. The quantitative estimate of drug-likeness (QED) is 0.930. The van der Waals surface area contributed by atoms with Crippen LogP contribution in [0.1, 0.15) is 23.5 Å². The van der Waals surface area contributed by atoms with E-state index in [1.54, 1.807) is 18.3 Å². The molecule has 1 aromatic carbocycles. The molecule has 3 rings (SSSR count). The number of nitrogens with zero attached hydrogens (tertiary/aromatic N) is 1.